The van der Waals surface area contributed by atoms with Gasteiger partial charge in [-0.3, -0.25) is 4.79 Å². The number of ether oxygens (including phenoxy) is 2. The highest BCUT2D eigenvalue weighted by Crippen LogP contribution is 2.57. The van der Waals surface area contributed by atoms with Crippen LogP contribution in [0.15, 0.2) is 36.4 Å². The Labute approximate surface area is 173 Å². The number of nitrogens with zero attached hydrogens (tertiary/aromatic N) is 1. The first kappa shape index (κ1) is 19.2. The normalized spacial score (nSPS) is 24.7. The predicted octanol–water partition coefficient (Wildman–Crippen LogP) is 2.97. The molecule has 156 valence electrons. The average molecular weight is 409 g/mol. The molecule has 3 unspecified atom stereocenters. The van der Waals surface area contributed by atoms with Crippen LogP contribution in [-0.4, -0.2) is 31.2 Å². The Morgan fingerprint density at radius 2 is 2.17 bits per heavy atom. The Morgan fingerprint density at radius 1 is 1.33 bits per heavy atom. The highest BCUT2D eigenvalue weighted by atomic mass is 19.1. The maximum atomic E-state index is 14.0. The zero-order valence-corrected chi connectivity index (χ0v) is 16.7. The zero-order chi connectivity index (χ0) is 21.0. The standard InChI is InChI=1S/C23H24FN3O3/c1-29-7-5-27-17-11-15(24)3-2-14(17)10-18(27)21-22(25)16-8-13(12-28)9-19-20(16)23(21,26)4-6-30-19/h2-3,8-12,21-22H,4-7,25-26H2,1H3. The van der Waals surface area contributed by atoms with E-state index in [-0.39, 0.29) is 11.7 Å². The molecule has 1 aliphatic carbocycles. The van der Waals surface area contributed by atoms with Gasteiger partial charge in [0.2, 0.25) is 0 Å². The molecule has 0 amide bonds. The molecule has 2 heterocycles. The Morgan fingerprint density at radius 3 is 2.93 bits per heavy atom. The summed E-state index contributed by atoms with van der Waals surface area (Å²) in [5, 5.41) is 0.926. The van der Waals surface area contributed by atoms with E-state index < -0.39 is 11.6 Å². The number of hydrogen-bond acceptors (Lipinski definition) is 5. The van der Waals surface area contributed by atoms with Crippen LogP contribution in [0.3, 0.4) is 0 Å². The minimum absolute atomic E-state index is 0.246. The number of carbonyl (C=O) groups excluding carboxylic acids is 1. The number of hydrogen-bond donors (Lipinski definition) is 2. The lowest BCUT2D eigenvalue weighted by Crippen LogP contribution is -2.45. The van der Waals surface area contributed by atoms with Crippen molar-refractivity contribution in [3.63, 3.8) is 0 Å². The van der Waals surface area contributed by atoms with E-state index in [2.05, 4.69) is 4.57 Å². The second kappa shape index (κ2) is 6.91. The quantitative estimate of drug-likeness (QED) is 0.632. The number of nitrogens with two attached hydrogens (primary N) is 2. The van der Waals surface area contributed by atoms with Gasteiger partial charge in [-0.2, -0.15) is 0 Å². The van der Waals surface area contributed by atoms with Crippen LogP contribution in [-0.2, 0) is 16.8 Å². The van der Waals surface area contributed by atoms with Crippen LogP contribution in [0.25, 0.3) is 10.9 Å². The van der Waals surface area contributed by atoms with Gasteiger partial charge in [0.05, 0.1) is 24.3 Å². The number of aldehydes is 1. The van der Waals surface area contributed by atoms with Crippen molar-refractivity contribution < 1.29 is 18.7 Å². The van der Waals surface area contributed by atoms with Crippen molar-refractivity contribution in [1.29, 1.82) is 0 Å². The van der Waals surface area contributed by atoms with Crippen molar-refractivity contribution in [2.75, 3.05) is 20.3 Å². The number of benzene rings is 2. The summed E-state index contributed by atoms with van der Waals surface area (Å²) in [4.78, 5) is 11.5. The number of methoxy groups -OCH3 is 1. The molecule has 0 saturated carbocycles. The summed E-state index contributed by atoms with van der Waals surface area (Å²) in [5.41, 5.74) is 17.1. The summed E-state index contributed by atoms with van der Waals surface area (Å²) in [6, 6.07) is 9.94. The second-order valence-electron chi connectivity index (χ2n) is 8.16. The monoisotopic (exact) mass is 409 g/mol. The molecule has 1 aromatic heterocycles. The summed E-state index contributed by atoms with van der Waals surface area (Å²) >= 11 is 0. The van der Waals surface area contributed by atoms with Gasteiger partial charge in [-0.25, -0.2) is 4.39 Å². The van der Waals surface area contributed by atoms with Gasteiger partial charge in [-0.15, -0.1) is 0 Å². The van der Waals surface area contributed by atoms with Crippen molar-refractivity contribution in [2.45, 2.75) is 30.5 Å². The van der Waals surface area contributed by atoms with Crippen LogP contribution in [0.4, 0.5) is 4.39 Å². The Bertz CT molecular complexity index is 1160. The lowest BCUT2D eigenvalue weighted by atomic mass is 9.77. The molecule has 3 aromatic rings. The Hall–Kier alpha value is -2.74. The summed E-state index contributed by atoms with van der Waals surface area (Å²) in [5.74, 6) is 0.0903. The van der Waals surface area contributed by atoms with E-state index in [0.29, 0.717) is 37.5 Å². The predicted molar refractivity (Wildman–Crippen MR) is 111 cm³/mol. The van der Waals surface area contributed by atoms with Gasteiger partial charge in [-0.1, -0.05) is 0 Å². The molecule has 30 heavy (non-hydrogen) atoms. The number of fused-ring (bicyclic) bond motifs is 1. The maximum Gasteiger partial charge on any atom is 0.150 e. The third-order valence-electron chi connectivity index (χ3n) is 6.54. The highest BCUT2D eigenvalue weighted by Gasteiger charge is 2.53. The van der Waals surface area contributed by atoms with Crippen molar-refractivity contribution in [3.8, 4) is 5.75 Å². The fourth-order valence-corrected chi connectivity index (χ4v) is 5.25. The summed E-state index contributed by atoms with van der Waals surface area (Å²) < 4.78 is 27.3. The fourth-order valence-electron chi connectivity index (χ4n) is 5.25. The molecule has 6 nitrogen and oxygen atoms in total. The fraction of sp³-hybridized carbons (Fsp3) is 0.348. The van der Waals surface area contributed by atoms with Gasteiger partial charge in [-0.05, 0) is 42.0 Å². The van der Waals surface area contributed by atoms with Crippen LogP contribution in [0.1, 0.15) is 45.6 Å². The van der Waals surface area contributed by atoms with E-state index in [1.54, 1.807) is 19.2 Å². The third kappa shape index (κ3) is 2.62. The minimum Gasteiger partial charge on any atom is -0.493 e. The third-order valence-corrected chi connectivity index (χ3v) is 6.54. The van der Waals surface area contributed by atoms with Crippen molar-refractivity contribution in [1.82, 2.24) is 4.57 Å². The molecular weight excluding hydrogens is 385 g/mol. The topological polar surface area (TPSA) is 92.5 Å². The van der Waals surface area contributed by atoms with Gasteiger partial charge in [0.15, 0.2) is 0 Å². The lowest BCUT2D eigenvalue weighted by Gasteiger charge is -2.38. The highest BCUT2D eigenvalue weighted by molar-refractivity contribution is 5.82. The minimum atomic E-state index is -0.735. The van der Waals surface area contributed by atoms with Gasteiger partial charge < -0.3 is 25.5 Å². The van der Waals surface area contributed by atoms with Crippen LogP contribution in [0.2, 0.25) is 0 Å². The van der Waals surface area contributed by atoms with Crippen molar-refractivity contribution in [3.05, 3.63) is 64.6 Å². The van der Waals surface area contributed by atoms with Gasteiger partial charge in [0.25, 0.3) is 0 Å². The summed E-state index contributed by atoms with van der Waals surface area (Å²) in [7, 11) is 1.64. The Balaban J connectivity index is 1.74. The molecule has 1 aliphatic heterocycles. The maximum absolute atomic E-state index is 14.0. The largest absolute Gasteiger partial charge is 0.493 e. The molecule has 0 saturated heterocycles. The smallest absolute Gasteiger partial charge is 0.150 e. The number of halogens is 1. The van der Waals surface area contributed by atoms with E-state index in [1.807, 2.05) is 12.1 Å². The van der Waals surface area contributed by atoms with Crippen LogP contribution in [0, 0.1) is 5.82 Å². The van der Waals surface area contributed by atoms with Crippen molar-refractivity contribution in [2.24, 2.45) is 11.5 Å². The number of rotatable bonds is 5. The van der Waals surface area contributed by atoms with Crippen LogP contribution < -0.4 is 16.2 Å². The number of carbonyl (C=O) groups is 1. The van der Waals surface area contributed by atoms with Gasteiger partial charge in [0, 0.05) is 54.2 Å². The zero-order valence-electron chi connectivity index (χ0n) is 16.7. The van der Waals surface area contributed by atoms with Gasteiger partial charge in [0.1, 0.15) is 17.9 Å². The molecular formula is C23H24FN3O3. The van der Waals surface area contributed by atoms with E-state index in [4.69, 9.17) is 20.9 Å². The molecule has 3 atom stereocenters. The molecule has 0 spiro atoms. The molecule has 2 aliphatic rings. The van der Waals surface area contributed by atoms with Gasteiger partial charge >= 0.3 is 0 Å². The lowest BCUT2D eigenvalue weighted by molar-refractivity contribution is 0.112. The molecule has 7 heteroatoms. The van der Waals surface area contributed by atoms with Crippen LogP contribution in [0.5, 0.6) is 5.75 Å². The summed E-state index contributed by atoms with van der Waals surface area (Å²) in [6.45, 7) is 1.47. The van der Waals surface area contributed by atoms with E-state index in [9.17, 15) is 9.18 Å². The molecule has 2 aromatic carbocycles. The molecule has 4 N–H and O–H groups in total. The molecule has 0 radical (unpaired) electrons. The summed E-state index contributed by atoms with van der Waals surface area (Å²) in [6.07, 6.45) is 1.40. The second-order valence-corrected chi connectivity index (χ2v) is 8.16. The van der Waals surface area contributed by atoms with E-state index in [0.717, 1.165) is 34.0 Å². The first-order chi connectivity index (χ1) is 14.5. The first-order valence-electron chi connectivity index (χ1n) is 10.1. The molecule has 0 bridgehead atoms. The average Bonchev–Trinajstić information content (AvgIpc) is 3.18. The number of aromatic nitrogens is 1. The van der Waals surface area contributed by atoms with Crippen molar-refractivity contribution >= 4 is 17.2 Å². The molecule has 0 fully saturated rings. The SMILES string of the molecule is COCCn1c(C2C(N)c3cc(C=O)cc4c3C2(N)CCO4)cc2ccc(F)cc21. The van der Waals surface area contributed by atoms with E-state index >= 15 is 0 Å². The Kier molecular flexibility index (Phi) is 4.43. The molecule has 5 rings (SSSR count). The first-order valence-corrected chi connectivity index (χ1v) is 10.1. The van der Waals surface area contributed by atoms with Crippen LogP contribution >= 0.6 is 0 Å². The van der Waals surface area contributed by atoms with E-state index in [1.165, 1.54) is 12.1 Å².